The van der Waals surface area contributed by atoms with Crippen molar-refractivity contribution >= 4 is 40.6 Å². The van der Waals surface area contributed by atoms with Crippen LogP contribution in [0.2, 0.25) is 0 Å². The highest BCUT2D eigenvalue weighted by Gasteiger charge is 2.25. The Labute approximate surface area is 128 Å². The largest absolute Gasteiger partial charge is 0.389 e. The number of carbonyl (C=O) groups excluding carboxylic acids is 1. The number of nitrogens with two attached hydrogens (primary N) is 2. The number of benzene rings is 1. The topological polar surface area (TPSA) is 72.3 Å². The third kappa shape index (κ3) is 3.07. The molecule has 0 saturated carbocycles. The summed E-state index contributed by atoms with van der Waals surface area (Å²) < 4.78 is 0. The number of anilines is 1. The van der Waals surface area contributed by atoms with Crippen LogP contribution in [0.5, 0.6) is 0 Å². The van der Waals surface area contributed by atoms with Gasteiger partial charge in [-0.25, -0.2) is 0 Å². The molecule has 1 aliphatic rings. The average Bonchev–Trinajstić information content (AvgIpc) is 2.46. The summed E-state index contributed by atoms with van der Waals surface area (Å²) in [5, 5.41) is 0. The minimum absolute atomic E-state index is 0.0109. The lowest BCUT2D eigenvalue weighted by molar-refractivity contribution is -0.122. The Kier molecular flexibility index (Phi) is 4.88. The van der Waals surface area contributed by atoms with Gasteiger partial charge in [-0.3, -0.25) is 4.79 Å². The van der Waals surface area contributed by atoms with E-state index in [9.17, 15) is 4.79 Å². The van der Waals surface area contributed by atoms with Crippen LogP contribution in [0, 0.1) is 5.92 Å². The zero-order valence-electron chi connectivity index (χ0n) is 11.5. The van der Waals surface area contributed by atoms with Gasteiger partial charge in [0.1, 0.15) is 4.99 Å². The van der Waals surface area contributed by atoms with Crippen molar-refractivity contribution in [1.82, 2.24) is 0 Å². The van der Waals surface area contributed by atoms with Crippen molar-refractivity contribution < 1.29 is 4.79 Å². The second-order valence-corrected chi connectivity index (χ2v) is 6.17. The Hall–Kier alpha value is -1.27. The van der Waals surface area contributed by atoms with Crippen LogP contribution in [-0.4, -0.2) is 30.2 Å². The molecular formula is C14H19N3OS2. The summed E-state index contributed by atoms with van der Waals surface area (Å²) in [5.41, 5.74) is 13.3. The smallest absolute Gasteiger partial charge is 0.220 e. The number of thioether (sulfide) groups is 1. The molecule has 4 nitrogen and oxygen atoms in total. The molecule has 1 saturated heterocycles. The molecule has 0 radical (unpaired) electrons. The van der Waals surface area contributed by atoms with Gasteiger partial charge < -0.3 is 16.4 Å². The molecule has 0 bridgehead atoms. The maximum atomic E-state index is 11.2. The molecule has 0 spiro atoms. The van der Waals surface area contributed by atoms with E-state index in [-0.39, 0.29) is 11.8 Å². The molecule has 4 N–H and O–H groups in total. The number of thiocarbonyl (C=S) groups is 1. The zero-order valence-corrected chi connectivity index (χ0v) is 13.1. The molecule has 0 aliphatic carbocycles. The molecule has 1 aromatic carbocycles. The number of nitrogens with zero attached hydrogens (tertiary/aromatic N) is 1. The number of carbonyl (C=O) groups is 1. The van der Waals surface area contributed by atoms with Gasteiger partial charge in [-0.15, -0.1) is 11.8 Å². The number of primary amides is 1. The molecule has 1 aromatic rings. The molecule has 1 fully saturated rings. The zero-order chi connectivity index (χ0) is 14.7. The second-order valence-electron chi connectivity index (χ2n) is 4.88. The Morgan fingerprint density at radius 1 is 1.35 bits per heavy atom. The minimum Gasteiger partial charge on any atom is -0.389 e. The van der Waals surface area contributed by atoms with E-state index in [4.69, 9.17) is 23.7 Å². The summed E-state index contributed by atoms with van der Waals surface area (Å²) in [5.74, 6) is -0.208. The molecule has 108 valence electrons. The van der Waals surface area contributed by atoms with Crippen LogP contribution in [0.15, 0.2) is 23.1 Å². The molecule has 1 heterocycles. The van der Waals surface area contributed by atoms with E-state index in [1.807, 2.05) is 24.5 Å². The van der Waals surface area contributed by atoms with Gasteiger partial charge in [0, 0.05) is 35.2 Å². The third-order valence-corrected chi connectivity index (χ3v) is 4.69. The average molecular weight is 309 g/mol. The maximum Gasteiger partial charge on any atom is 0.220 e. The highest BCUT2D eigenvalue weighted by Crippen LogP contribution is 2.32. The first-order valence-corrected chi connectivity index (χ1v) is 8.19. The quantitative estimate of drug-likeness (QED) is 0.655. The Morgan fingerprint density at radius 2 is 2.00 bits per heavy atom. The number of piperidine rings is 1. The van der Waals surface area contributed by atoms with Crippen molar-refractivity contribution in [2.45, 2.75) is 17.7 Å². The number of hydrogen-bond donors (Lipinski definition) is 2. The van der Waals surface area contributed by atoms with E-state index in [0.717, 1.165) is 42.1 Å². The normalized spacial score (nSPS) is 16.1. The monoisotopic (exact) mass is 309 g/mol. The Balaban J connectivity index is 2.26. The molecule has 0 unspecified atom stereocenters. The van der Waals surface area contributed by atoms with Crippen LogP contribution >= 0.6 is 24.0 Å². The number of rotatable bonds is 4. The van der Waals surface area contributed by atoms with Gasteiger partial charge in [0.15, 0.2) is 0 Å². The van der Waals surface area contributed by atoms with Crippen molar-refractivity contribution in [3.63, 3.8) is 0 Å². The molecule has 1 amide bonds. The van der Waals surface area contributed by atoms with Gasteiger partial charge in [0.25, 0.3) is 0 Å². The lowest BCUT2D eigenvalue weighted by Gasteiger charge is -2.34. The van der Waals surface area contributed by atoms with Gasteiger partial charge in [-0.05, 0) is 31.2 Å². The fourth-order valence-corrected chi connectivity index (χ4v) is 3.52. The fraction of sp³-hybridized carbons (Fsp3) is 0.429. The molecule has 0 atom stereocenters. The SMILES string of the molecule is CSc1cccc(N2CCC(C(N)=O)CC2)c1C(N)=S. The number of hydrogen-bond acceptors (Lipinski definition) is 4. The third-order valence-electron chi connectivity index (χ3n) is 3.71. The first-order chi connectivity index (χ1) is 9.54. The van der Waals surface area contributed by atoms with Crippen LogP contribution in [0.4, 0.5) is 5.69 Å². The first kappa shape index (κ1) is 15.1. The van der Waals surface area contributed by atoms with E-state index in [0.29, 0.717) is 4.99 Å². The Morgan fingerprint density at radius 3 is 2.50 bits per heavy atom. The van der Waals surface area contributed by atoms with Crippen molar-refractivity contribution in [2.75, 3.05) is 24.2 Å². The first-order valence-electron chi connectivity index (χ1n) is 6.55. The van der Waals surface area contributed by atoms with Gasteiger partial charge >= 0.3 is 0 Å². The van der Waals surface area contributed by atoms with Crippen molar-refractivity contribution in [2.24, 2.45) is 17.4 Å². The molecule has 0 aromatic heterocycles. The van der Waals surface area contributed by atoms with E-state index >= 15 is 0 Å². The van der Waals surface area contributed by atoms with Crippen LogP contribution in [0.1, 0.15) is 18.4 Å². The van der Waals surface area contributed by atoms with Crippen molar-refractivity contribution in [3.8, 4) is 0 Å². The summed E-state index contributed by atoms with van der Waals surface area (Å²) in [6.45, 7) is 1.61. The van der Waals surface area contributed by atoms with Crippen molar-refractivity contribution in [3.05, 3.63) is 23.8 Å². The van der Waals surface area contributed by atoms with Gasteiger partial charge in [0.2, 0.25) is 5.91 Å². The summed E-state index contributed by atoms with van der Waals surface area (Å²) in [6, 6.07) is 6.08. The fourth-order valence-electron chi connectivity index (χ4n) is 2.61. The molecular weight excluding hydrogens is 290 g/mol. The van der Waals surface area contributed by atoms with E-state index in [1.54, 1.807) is 11.8 Å². The number of amides is 1. The predicted molar refractivity (Wildman–Crippen MR) is 88.2 cm³/mol. The van der Waals surface area contributed by atoms with Crippen LogP contribution < -0.4 is 16.4 Å². The van der Waals surface area contributed by atoms with Gasteiger partial charge in [-0.2, -0.15) is 0 Å². The van der Waals surface area contributed by atoms with Crippen LogP contribution in [0.3, 0.4) is 0 Å². The van der Waals surface area contributed by atoms with Crippen molar-refractivity contribution in [1.29, 1.82) is 0 Å². The van der Waals surface area contributed by atoms with Gasteiger partial charge in [-0.1, -0.05) is 18.3 Å². The van der Waals surface area contributed by atoms with E-state index in [2.05, 4.69) is 4.90 Å². The summed E-state index contributed by atoms with van der Waals surface area (Å²) >= 11 is 6.84. The highest BCUT2D eigenvalue weighted by atomic mass is 32.2. The minimum atomic E-state index is -0.197. The molecule has 1 aliphatic heterocycles. The van der Waals surface area contributed by atoms with E-state index in [1.165, 1.54) is 0 Å². The van der Waals surface area contributed by atoms with Crippen LogP contribution in [-0.2, 0) is 4.79 Å². The maximum absolute atomic E-state index is 11.2. The van der Waals surface area contributed by atoms with E-state index < -0.39 is 0 Å². The highest BCUT2D eigenvalue weighted by molar-refractivity contribution is 7.98. The molecule has 2 rings (SSSR count). The summed E-state index contributed by atoms with van der Waals surface area (Å²) in [6.07, 6.45) is 3.59. The second kappa shape index (κ2) is 6.45. The summed E-state index contributed by atoms with van der Waals surface area (Å²) in [7, 11) is 0. The lowest BCUT2D eigenvalue weighted by atomic mass is 9.95. The standard InChI is InChI=1S/C14H19N3OS2/c1-20-11-4-2-3-10(12(11)14(16)19)17-7-5-9(6-8-17)13(15)18/h2-4,9H,5-8H2,1H3,(H2,15,18)(H2,16,19). The molecule has 6 heteroatoms. The summed E-state index contributed by atoms with van der Waals surface area (Å²) in [4.78, 5) is 15.0. The molecule has 20 heavy (non-hydrogen) atoms. The Bertz CT molecular complexity index is 525. The predicted octanol–water partition coefficient (Wildman–Crippen LogP) is 1.74. The van der Waals surface area contributed by atoms with Gasteiger partial charge in [0.05, 0.1) is 0 Å². The lowest BCUT2D eigenvalue weighted by Crippen LogP contribution is -2.39. The van der Waals surface area contributed by atoms with Crippen LogP contribution in [0.25, 0.3) is 0 Å².